The lowest BCUT2D eigenvalue weighted by Crippen LogP contribution is -2.41. The van der Waals surface area contributed by atoms with Crippen LogP contribution < -0.4 is 9.62 Å². The fourth-order valence-corrected chi connectivity index (χ4v) is 11.5. The van der Waals surface area contributed by atoms with E-state index in [0.717, 1.165) is 29.0 Å². The fraction of sp³-hybridized carbons (Fsp3) is 0.300. The molecule has 2 saturated heterocycles. The minimum absolute atomic E-state index is 0.00514. The van der Waals surface area contributed by atoms with Crippen molar-refractivity contribution in [2.45, 2.75) is 69.5 Å². The Labute approximate surface area is 373 Å². The van der Waals surface area contributed by atoms with Gasteiger partial charge in [-0.3, -0.25) is 23.8 Å². The van der Waals surface area contributed by atoms with E-state index in [9.17, 15) is 32.7 Å². The van der Waals surface area contributed by atoms with Gasteiger partial charge in [0.25, 0.3) is 10.0 Å². The first-order valence-electron chi connectivity index (χ1n) is 21.5. The Morgan fingerprint density at radius 2 is 1.52 bits per heavy atom. The molecular weight excluding hydrogens is 831 g/mol. The average Bonchev–Trinajstić information content (AvgIpc) is 4.03. The number of para-hydroxylation sites is 2. The average molecular weight is 882 g/mol. The van der Waals surface area contributed by atoms with Gasteiger partial charge in [0.15, 0.2) is 6.04 Å². The highest BCUT2D eigenvalue weighted by molar-refractivity contribution is 7.93. The topological polar surface area (TPSA) is 166 Å². The first-order valence-corrected chi connectivity index (χ1v) is 23.0. The van der Waals surface area contributed by atoms with Crippen LogP contribution in [0.4, 0.5) is 16.2 Å². The molecule has 8 rings (SSSR count). The molecule has 0 aliphatic carbocycles. The Morgan fingerprint density at radius 1 is 0.859 bits per heavy atom. The molecule has 1 unspecified atom stereocenters. The summed E-state index contributed by atoms with van der Waals surface area (Å²) in [5, 5.41) is 14.5. The van der Waals surface area contributed by atoms with E-state index in [4.69, 9.17) is 9.73 Å². The summed E-state index contributed by atoms with van der Waals surface area (Å²) >= 11 is 0. The Balaban J connectivity index is 1.22. The third-order valence-electron chi connectivity index (χ3n) is 12.4. The SMILES string of the molecule is Cc1cc(C)c(S(=O)(=O)N2CC([C@H](CC(=O)N3CCOC3=O)[C@@H](N=C(c3ccccc3)c3ccccc3NC(=O)[C@@H]3CCCN3Cc3ccccc3)C(=O)O)c3ccccc32)c(C)c1. The number of nitrogens with one attached hydrogen (secondary N) is 1. The monoisotopic (exact) mass is 881 g/mol. The van der Waals surface area contributed by atoms with E-state index in [1.165, 1.54) is 4.31 Å². The van der Waals surface area contributed by atoms with Gasteiger partial charge in [-0.2, -0.15) is 0 Å². The number of rotatable bonds is 14. The molecule has 5 aromatic carbocycles. The zero-order chi connectivity index (χ0) is 45.1. The third kappa shape index (κ3) is 8.93. The van der Waals surface area contributed by atoms with Crippen molar-refractivity contribution in [2.24, 2.45) is 10.9 Å². The standard InChI is InChI=1S/C50H51N5O8S/c1-32-27-33(2)47(34(3)28-32)64(61,62)55-31-40(37-19-11-13-22-42(37)55)39(29-44(56)54-25-26-63-50(54)60)46(49(58)59)52-45(36-17-8-5-9-18-36)38-20-10-12-21-41(38)51-48(57)43-23-14-24-53(43)30-35-15-6-4-7-16-35/h4-13,15-22,27-28,39-40,43,46H,14,23-26,29-31H2,1-3H3,(H,51,57)(H,58,59)/t39-,40?,43-,46+/m0/s1. The normalized spacial score (nSPS) is 18.7. The molecule has 3 aliphatic heterocycles. The minimum Gasteiger partial charge on any atom is -0.480 e. The molecule has 3 aliphatic rings. The molecule has 0 spiro atoms. The second-order valence-corrected chi connectivity index (χ2v) is 18.5. The van der Waals surface area contributed by atoms with Gasteiger partial charge in [0.1, 0.15) is 6.61 Å². The summed E-state index contributed by atoms with van der Waals surface area (Å²) < 4.78 is 36.0. The number of carboxylic acids is 1. The van der Waals surface area contributed by atoms with Crippen LogP contribution in [0.25, 0.3) is 0 Å². The van der Waals surface area contributed by atoms with Gasteiger partial charge in [-0.15, -0.1) is 0 Å². The number of cyclic esters (lactones) is 1. The van der Waals surface area contributed by atoms with Gasteiger partial charge in [0.2, 0.25) is 11.8 Å². The second kappa shape index (κ2) is 18.6. The van der Waals surface area contributed by atoms with E-state index in [1.807, 2.05) is 55.5 Å². The number of nitrogens with zero attached hydrogens (tertiary/aromatic N) is 4. The van der Waals surface area contributed by atoms with Crippen molar-refractivity contribution in [1.29, 1.82) is 0 Å². The molecule has 13 nitrogen and oxygen atoms in total. The lowest BCUT2D eigenvalue weighted by atomic mass is 9.79. The van der Waals surface area contributed by atoms with Crippen LogP contribution in [0.2, 0.25) is 0 Å². The number of hydrogen-bond donors (Lipinski definition) is 2. The molecule has 64 heavy (non-hydrogen) atoms. The number of aliphatic imine (C=N–C) groups is 1. The molecule has 5 aromatic rings. The van der Waals surface area contributed by atoms with E-state index >= 15 is 0 Å². The first kappa shape index (κ1) is 44.0. The Kier molecular flexibility index (Phi) is 12.8. The number of carboxylic acid groups (broad SMARTS) is 1. The number of sulfonamides is 1. The molecule has 3 heterocycles. The number of benzene rings is 5. The number of aliphatic carboxylic acids is 1. The van der Waals surface area contributed by atoms with Crippen LogP contribution >= 0.6 is 0 Å². The smallest absolute Gasteiger partial charge is 0.416 e. The number of aryl methyl sites for hydroxylation is 3. The number of imide groups is 1. The van der Waals surface area contributed by atoms with E-state index in [0.29, 0.717) is 52.2 Å². The molecule has 0 radical (unpaired) electrons. The zero-order valence-corrected chi connectivity index (χ0v) is 36.8. The van der Waals surface area contributed by atoms with Crippen molar-refractivity contribution in [3.05, 3.63) is 160 Å². The van der Waals surface area contributed by atoms with E-state index in [1.54, 1.807) is 86.6 Å². The maximum absolute atomic E-state index is 14.8. The lowest BCUT2D eigenvalue weighted by Gasteiger charge is -2.29. The van der Waals surface area contributed by atoms with Crippen molar-refractivity contribution in [1.82, 2.24) is 9.80 Å². The second-order valence-electron chi connectivity index (χ2n) is 16.7. The number of anilines is 2. The molecule has 0 aromatic heterocycles. The summed E-state index contributed by atoms with van der Waals surface area (Å²) in [7, 11) is -4.21. The zero-order valence-electron chi connectivity index (χ0n) is 36.0. The lowest BCUT2D eigenvalue weighted by molar-refractivity contribution is -0.140. The van der Waals surface area contributed by atoms with Gasteiger partial charge in [0.05, 0.1) is 34.6 Å². The van der Waals surface area contributed by atoms with E-state index in [-0.39, 0.29) is 36.2 Å². The minimum atomic E-state index is -4.21. The van der Waals surface area contributed by atoms with Crippen molar-refractivity contribution < 1.29 is 37.4 Å². The summed E-state index contributed by atoms with van der Waals surface area (Å²) in [6.07, 6.45) is 0.219. The van der Waals surface area contributed by atoms with Crippen molar-refractivity contribution in [3.8, 4) is 0 Å². The number of likely N-dealkylation sites (tertiary alicyclic amines) is 1. The maximum Gasteiger partial charge on any atom is 0.416 e. The molecule has 3 amide bonds. The number of carbonyl (C=O) groups is 4. The third-order valence-corrected chi connectivity index (χ3v) is 14.5. The molecular formula is C50H51N5O8S. The fourth-order valence-electron chi connectivity index (χ4n) is 9.60. The highest BCUT2D eigenvalue weighted by Crippen LogP contribution is 2.46. The Bertz CT molecular complexity index is 2700. The molecule has 0 saturated carbocycles. The summed E-state index contributed by atoms with van der Waals surface area (Å²) in [6.45, 7) is 6.56. The molecule has 2 N–H and O–H groups in total. The van der Waals surface area contributed by atoms with Gasteiger partial charge < -0.3 is 15.2 Å². The molecule has 0 bridgehead atoms. The van der Waals surface area contributed by atoms with Crippen molar-refractivity contribution in [3.63, 3.8) is 0 Å². The Morgan fingerprint density at radius 3 is 2.20 bits per heavy atom. The van der Waals surface area contributed by atoms with Gasteiger partial charge in [-0.1, -0.05) is 115 Å². The predicted octanol–water partition coefficient (Wildman–Crippen LogP) is 7.48. The van der Waals surface area contributed by atoms with Gasteiger partial charge >= 0.3 is 12.1 Å². The number of ether oxygens (including phenoxy) is 1. The largest absolute Gasteiger partial charge is 0.480 e. The maximum atomic E-state index is 14.8. The number of carbonyl (C=O) groups excluding carboxylic acids is 3. The van der Waals surface area contributed by atoms with E-state index < -0.39 is 58.3 Å². The highest BCUT2D eigenvalue weighted by Gasteiger charge is 2.47. The van der Waals surface area contributed by atoms with Crippen LogP contribution in [-0.2, 0) is 35.7 Å². The molecule has 4 atom stereocenters. The summed E-state index contributed by atoms with van der Waals surface area (Å²) in [5.41, 5.74) is 5.72. The van der Waals surface area contributed by atoms with E-state index in [2.05, 4.69) is 10.2 Å². The summed E-state index contributed by atoms with van der Waals surface area (Å²) in [5.74, 6) is -4.27. The van der Waals surface area contributed by atoms with Crippen LogP contribution in [0.1, 0.15) is 64.1 Å². The number of hydrogen-bond acceptors (Lipinski definition) is 9. The van der Waals surface area contributed by atoms with Gasteiger partial charge in [-0.05, 0) is 74.5 Å². The van der Waals surface area contributed by atoms with Crippen LogP contribution in [0, 0.1) is 26.7 Å². The van der Waals surface area contributed by atoms with Crippen LogP contribution in [-0.4, -0.2) is 91.2 Å². The van der Waals surface area contributed by atoms with Crippen molar-refractivity contribution in [2.75, 3.05) is 35.9 Å². The molecule has 330 valence electrons. The molecule has 14 heteroatoms. The molecule has 2 fully saturated rings. The van der Waals surface area contributed by atoms with Crippen LogP contribution in [0.5, 0.6) is 0 Å². The van der Waals surface area contributed by atoms with Gasteiger partial charge in [0, 0.05) is 42.5 Å². The Hall–Kier alpha value is -6.64. The summed E-state index contributed by atoms with van der Waals surface area (Å²) in [6, 6.07) is 34.5. The predicted molar refractivity (Wildman–Crippen MR) is 244 cm³/mol. The van der Waals surface area contributed by atoms with Crippen LogP contribution in [0.15, 0.2) is 131 Å². The quantitative estimate of drug-likeness (QED) is 0.108. The number of amides is 3. The van der Waals surface area contributed by atoms with Crippen molar-refractivity contribution >= 4 is 51.0 Å². The summed E-state index contributed by atoms with van der Waals surface area (Å²) in [4.78, 5) is 63.3. The van der Waals surface area contributed by atoms with Crippen LogP contribution in [0.3, 0.4) is 0 Å². The van der Waals surface area contributed by atoms with Gasteiger partial charge in [-0.25, -0.2) is 22.9 Å². The highest BCUT2D eigenvalue weighted by atomic mass is 32.2. The first-order chi connectivity index (χ1) is 30.8. The number of fused-ring (bicyclic) bond motifs is 1.